The number of aldehydes is 1. The highest BCUT2D eigenvalue weighted by atomic mass is 35.5. The fourth-order valence-electron chi connectivity index (χ4n) is 2.23. The number of halogens is 1. The van der Waals surface area contributed by atoms with Gasteiger partial charge in [-0.1, -0.05) is 41.4 Å². The molecule has 0 heterocycles. The van der Waals surface area contributed by atoms with E-state index in [9.17, 15) is 14.9 Å². The molecule has 0 fully saturated rings. The zero-order valence-corrected chi connectivity index (χ0v) is 13.7. The highest BCUT2D eigenvalue weighted by Gasteiger charge is 2.23. The van der Waals surface area contributed by atoms with Crippen LogP contribution in [-0.2, 0) is 4.79 Å². The first-order valence-electron chi connectivity index (χ1n) is 6.98. The molecule has 2 rings (SSSR count). The van der Waals surface area contributed by atoms with Crippen LogP contribution in [0.4, 0.5) is 5.69 Å². The fraction of sp³-hybridized carbons (Fsp3) is 0.0556. The standard InChI is InChI=1S/C18H10ClN3O3/c1-11-2-4-12(5-3-11)18(19)16(10-23)15-6-13(8-20)14(9-21)7-17(15)22(24)25/h2-7,10H,1H3/b18-16-. The summed E-state index contributed by atoms with van der Waals surface area (Å²) in [6, 6.07) is 12.6. The lowest BCUT2D eigenvalue weighted by molar-refractivity contribution is -0.385. The number of nitrogens with zero attached hydrogens (tertiary/aromatic N) is 3. The molecule has 0 atom stereocenters. The van der Waals surface area contributed by atoms with Crippen molar-refractivity contribution in [3.05, 3.63) is 74.3 Å². The first kappa shape index (κ1) is 17.9. The van der Waals surface area contributed by atoms with Crippen LogP contribution in [0.5, 0.6) is 0 Å². The molecule has 7 heteroatoms. The molecule has 0 amide bonds. The third kappa shape index (κ3) is 3.55. The van der Waals surface area contributed by atoms with Gasteiger partial charge < -0.3 is 0 Å². The van der Waals surface area contributed by atoms with Crippen LogP contribution in [-0.4, -0.2) is 11.2 Å². The van der Waals surface area contributed by atoms with Gasteiger partial charge in [-0.3, -0.25) is 14.9 Å². The molecule has 0 saturated heterocycles. The second-order valence-electron chi connectivity index (χ2n) is 5.11. The molecule has 0 aliphatic carbocycles. The predicted molar refractivity (Wildman–Crippen MR) is 92.4 cm³/mol. The number of carbonyl (C=O) groups is 1. The Bertz CT molecular complexity index is 980. The minimum absolute atomic E-state index is 0.0201. The topological polar surface area (TPSA) is 108 Å². The molecule has 0 N–H and O–H groups in total. The predicted octanol–water partition coefficient (Wildman–Crippen LogP) is 3.95. The number of carbonyl (C=O) groups excluding carboxylic acids is 1. The number of hydrogen-bond acceptors (Lipinski definition) is 5. The number of aryl methyl sites for hydroxylation is 1. The first-order chi connectivity index (χ1) is 11.9. The Morgan fingerprint density at radius 3 is 2.20 bits per heavy atom. The Labute approximate surface area is 148 Å². The maximum Gasteiger partial charge on any atom is 0.278 e. The van der Waals surface area contributed by atoms with E-state index in [0.717, 1.165) is 17.7 Å². The Hall–Kier alpha value is -3.48. The summed E-state index contributed by atoms with van der Waals surface area (Å²) < 4.78 is 0. The van der Waals surface area contributed by atoms with E-state index in [0.29, 0.717) is 11.8 Å². The molecule has 0 radical (unpaired) electrons. The number of rotatable bonds is 4. The average molecular weight is 352 g/mol. The largest absolute Gasteiger partial charge is 0.298 e. The number of nitriles is 2. The maximum atomic E-state index is 11.6. The van der Waals surface area contributed by atoms with Crippen LogP contribution in [0.1, 0.15) is 27.8 Å². The average Bonchev–Trinajstić information content (AvgIpc) is 2.62. The molecule has 0 saturated carbocycles. The summed E-state index contributed by atoms with van der Waals surface area (Å²) >= 11 is 6.28. The summed E-state index contributed by atoms with van der Waals surface area (Å²) in [5.41, 5.74) is 0.566. The fourth-order valence-corrected chi connectivity index (χ4v) is 2.50. The zero-order valence-electron chi connectivity index (χ0n) is 13.0. The van der Waals surface area contributed by atoms with Crippen molar-refractivity contribution < 1.29 is 9.72 Å². The summed E-state index contributed by atoms with van der Waals surface area (Å²) in [6.45, 7) is 1.88. The van der Waals surface area contributed by atoms with Gasteiger partial charge in [0.25, 0.3) is 5.69 Å². The molecular formula is C18H10ClN3O3. The molecule has 0 aromatic heterocycles. The van der Waals surface area contributed by atoms with Crippen molar-refractivity contribution >= 4 is 34.2 Å². The summed E-state index contributed by atoms with van der Waals surface area (Å²) in [6.07, 6.45) is 0.401. The molecule has 0 spiro atoms. The van der Waals surface area contributed by atoms with Gasteiger partial charge in [0.2, 0.25) is 0 Å². The van der Waals surface area contributed by atoms with E-state index in [4.69, 9.17) is 22.1 Å². The van der Waals surface area contributed by atoms with Gasteiger partial charge in [-0.05, 0) is 18.6 Å². The van der Waals surface area contributed by atoms with Crippen LogP contribution in [0.15, 0.2) is 36.4 Å². The van der Waals surface area contributed by atoms with Gasteiger partial charge in [-0.15, -0.1) is 0 Å². The van der Waals surface area contributed by atoms with Crippen molar-refractivity contribution in [1.29, 1.82) is 10.5 Å². The monoisotopic (exact) mass is 351 g/mol. The van der Waals surface area contributed by atoms with Gasteiger partial charge in [0.1, 0.15) is 12.1 Å². The van der Waals surface area contributed by atoms with E-state index in [2.05, 4.69) is 0 Å². The summed E-state index contributed by atoms with van der Waals surface area (Å²) in [5.74, 6) is 0. The van der Waals surface area contributed by atoms with E-state index in [1.54, 1.807) is 36.4 Å². The second-order valence-corrected chi connectivity index (χ2v) is 5.49. The van der Waals surface area contributed by atoms with Gasteiger partial charge in [-0.25, -0.2) is 0 Å². The SMILES string of the molecule is Cc1ccc(/C(Cl)=C(\C=O)c2cc(C#N)c(C#N)cc2[N+](=O)[O-])cc1. The first-order valence-corrected chi connectivity index (χ1v) is 7.35. The quantitative estimate of drug-likeness (QED) is 0.272. The van der Waals surface area contributed by atoms with Crippen molar-refractivity contribution in [3.8, 4) is 12.1 Å². The number of benzene rings is 2. The van der Waals surface area contributed by atoms with Gasteiger partial charge in [-0.2, -0.15) is 10.5 Å². The van der Waals surface area contributed by atoms with Crippen molar-refractivity contribution in [2.45, 2.75) is 6.92 Å². The van der Waals surface area contributed by atoms with Crippen LogP contribution in [0.3, 0.4) is 0 Å². The Morgan fingerprint density at radius 1 is 1.16 bits per heavy atom. The number of hydrogen-bond donors (Lipinski definition) is 0. The molecule has 25 heavy (non-hydrogen) atoms. The second kappa shape index (κ2) is 7.39. The lowest BCUT2D eigenvalue weighted by Crippen LogP contribution is -2.00. The van der Waals surface area contributed by atoms with Gasteiger partial charge in [0.05, 0.1) is 26.6 Å². The molecule has 6 nitrogen and oxygen atoms in total. The summed E-state index contributed by atoms with van der Waals surface area (Å²) in [7, 11) is 0. The highest BCUT2D eigenvalue weighted by molar-refractivity contribution is 6.55. The molecular weight excluding hydrogens is 342 g/mol. The zero-order chi connectivity index (χ0) is 18.6. The molecule has 2 aromatic rings. The van der Waals surface area contributed by atoms with E-state index in [1.807, 2.05) is 6.92 Å². The van der Waals surface area contributed by atoms with E-state index in [-0.39, 0.29) is 27.3 Å². The Morgan fingerprint density at radius 2 is 1.72 bits per heavy atom. The van der Waals surface area contributed by atoms with Gasteiger partial charge in [0, 0.05) is 11.6 Å². The summed E-state index contributed by atoms with van der Waals surface area (Å²) in [5, 5.41) is 29.5. The Balaban J connectivity index is 2.80. The minimum atomic E-state index is -0.722. The van der Waals surface area contributed by atoms with Crippen molar-refractivity contribution in [3.63, 3.8) is 0 Å². The lowest BCUT2D eigenvalue weighted by atomic mass is 9.96. The van der Waals surface area contributed by atoms with Crippen LogP contribution in [0, 0.1) is 39.7 Å². The van der Waals surface area contributed by atoms with Crippen LogP contribution in [0.2, 0.25) is 0 Å². The summed E-state index contributed by atoms with van der Waals surface area (Å²) in [4.78, 5) is 22.2. The number of allylic oxidation sites excluding steroid dienone is 1. The Kier molecular flexibility index (Phi) is 5.28. The number of nitro groups is 1. The minimum Gasteiger partial charge on any atom is -0.298 e. The number of nitro benzene ring substituents is 1. The molecule has 122 valence electrons. The van der Waals surface area contributed by atoms with E-state index in [1.165, 1.54) is 0 Å². The molecule has 0 unspecified atom stereocenters. The van der Waals surface area contributed by atoms with Crippen LogP contribution < -0.4 is 0 Å². The van der Waals surface area contributed by atoms with Crippen molar-refractivity contribution in [2.75, 3.05) is 0 Å². The molecule has 0 aliphatic heterocycles. The van der Waals surface area contributed by atoms with Crippen LogP contribution in [0.25, 0.3) is 10.6 Å². The highest BCUT2D eigenvalue weighted by Crippen LogP contribution is 2.35. The normalized spacial score (nSPS) is 11.0. The van der Waals surface area contributed by atoms with Crippen molar-refractivity contribution in [2.24, 2.45) is 0 Å². The van der Waals surface area contributed by atoms with Gasteiger partial charge >= 0.3 is 0 Å². The van der Waals surface area contributed by atoms with Gasteiger partial charge in [0.15, 0.2) is 6.29 Å². The molecule has 2 aromatic carbocycles. The van der Waals surface area contributed by atoms with Crippen LogP contribution >= 0.6 is 11.6 Å². The maximum absolute atomic E-state index is 11.6. The molecule has 0 aliphatic rings. The smallest absolute Gasteiger partial charge is 0.278 e. The third-order valence-corrected chi connectivity index (χ3v) is 3.94. The van der Waals surface area contributed by atoms with E-state index < -0.39 is 10.6 Å². The van der Waals surface area contributed by atoms with E-state index >= 15 is 0 Å². The molecule has 0 bridgehead atoms. The van der Waals surface area contributed by atoms with Crippen molar-refractivity contribution in [1.82, 2.24) is 0 Å². The lowest BCUT2D eigenvalue weighted by Gasteiger charge is -2.08. The third-order valence-electron chi connectivity index (χ3n) is 3.52.